The van der Waals surface area contributed by atoms with Crippen molar-refractivity contribution in [2.75, 3.05) is 5.32 Å². The normalized spacial score (nSPS) is 11.8. The zero-order valence-electron chi connectivity index (χ0n) is 17.1. The number of fused-ring (bicyclic) bond motifs is 1. The number of hydrogen-bond donors (Lipinski definition) is 1. The van der Waals surface area contributed by atoms with Gasteiger partial charge in [0.25, 0.3) is 5.91 Å². The quantitative estimate of drug-likeness (QED) is 0.374. The highest BCUT2D eigenvalue weighted by Crippen LogP contribution is 2.37. The molecule has 0 saturated carbocycles. The Balaban J connectivity index is 1.74. The van der Waals surface area contributed by atoms with Crippen molar-refractivity contribution in [3.63, 3.8) is 0 Å². The zero-order chi connectivity index (χ0) is 23.0. The van der Waals surface area contributed by atoms with Crippen molar-refractivity contribution in [2.24, 2.45) is 0 Å². The Morgan fingerprint density at radius 3 is 2.56 bits per heavy atom. The number of halogens is 4. The molecule has 0 aliphatic heterocycles. The smallest absolute Gasteiger partial charge is 0.307 e. The molecule has 2 aromatic carbocycles. The van der Waals surface area contributed by atoms with Gasteiger partial charge in [-0.05, 0) is 38.1 Å². The monoisotopic (exact) mass is 458 g/mol. The van der Waals surface area contributed by atoms with E-state index in [1.165, 1.54) is 28.9 Å². The molecule has 2 aromatic heterocycles. The predicted octanol–water partition coefficient (Wildman–Crippen LogP) is 6.60. The molecule has 1 amide bonds. The highest BCUT2D eigenvalue weighted by atomic mass is 35.5. The number of hydrogen-bond acceptors (Lipinski definition) is 3. The van der Waals surface area contributed by atoms with E-state index in [2.05, 4.69) is 15.4 Å². The molecule has 164 valence electrons. The van der Waals surface area contributed by atoms with Crippen LogP contribution in [0, 0.1) is 0 Å². The summed E-state index contributed by atoms with van der Waals surface area (Å²) in [5.41, 5.74) is 0.0387. The standard InChI is InChI=1S/C23H18ClF3N4O/c1-13(2)31-21(12-20(30-31)15-7-3-4-8-17(15)23(25,26)27)29-22(32)16-11-19-14(10-18(16)24)6-5-9-28-19/h3-13H,1-2H3,(H,29,32). The average molecular weight is 459 g/mol. The van der Waals surface area contributed by atoms with Gasteiger partial charge in [-0.2, -0.15) is 18.3 Å². The van der Waals surface area contributed by atoms with E-state index in [0.29, 0.717) is 5.52 Å². The molecule has 0 fully saturated rings. The first kappa shape index (κ1) is 21.8. The first-order valence-corrected chi connectivity index (χ1v) is 10.1. The van der Waals surface area contributed by atoms with E-state index in [9.17, 15) is 18.0 Å². The number of pyridine rings is 1. The molecule has 0 saturated heterocycles. The number of carbonyl (C=O) groups is 1. The fourth-order valence-electron chi connectivity index (χ4n) is 3.42. The summed E-state index contributed by atoms with van der Waals surface area (Å²) < 4.78 is 41.9. The summed E-state index contributed by atoms with van der Waals surface area (Å²) >= 11 is 6.30. The molecule has 0 aliphatic rings. The van der Waals surface area contributed by atoms with E-state index in [1.54, 1.807) is 24.4 Å². The summed E-state index contributed by atoms with van der Waals surface area (Å²) in [5, 5.41) is 8.08. The Labute approximate surface area is 186 Å². The lowest BCUT2D eigenvalue weighted by Crippen LogP contribution is -2.17. The van der Waals surface area contributed by atoms with E-state index in [0.717, 1.165) is 11.5 Å². The van der Waals surface area contributed by atoms with Crippen molar-refractivity contribution in [1.82, 2.24) is 14.8 Å². The molecule has 9 heteroatoms. The molecule has 32 heavy (non-hydrogen) atoms. The highest BCUT2D eigenvalue weighted by molar-refractivity contribution is 6.35. The molecule has 0 atom stereocenters. The van der Waals surface area contributed by atoms with Gasteiger partial charge in [-0.3, -0.25) is 9.78 Å². The Kier molecular flexibility index (Phi) is 5.64. The van der Waals surface area contributed by atoms with E-state index < -0.39 is 17.6 Å². The topological polar surface area (TPSA) is 59.8 Å². The fraction of sp³-hybridized carbons (Fsp3) is 0.174. The van der Waals surface area contributed by atoms with Gasteiger partial charge in [-0.15, -0.1) is 0 Å². The van der Waals surface area contributed by atoms with Gasteiger partial charge in [0.2, 0.25) is 0 Å². The molecule has 4 aromatic rings. The van der Waals surface area contributed by atoms with Crippen LogP contribution in [0.3, 0.4) is 0 Å². The number of aromatic nitrogens is 3. The Morgan fingerprint density at radius 1 is 1.09 bits per heavy atom. The van der Waals surface area contributed by atoms with E-state index in [4.69, 9.17) is 11.6 Å². The van der Waals surface area contributed by atoms with Crippen molar-refractivity contribution in [3.05, 3.63) is 76.9 Å². The number of benzene rings is 2. The molecule has 4 rings (SSSR count). The number of amides is 1. The van der Waals surface area contributed by atoms with Crippen LogP contribution in [0.4, 0.5) is 19.0 Å². The minimum absolute atomic E-state index is 0.0668. The second-order valence-corrected chi connectivity index (χ2v) is 7.89. The lowest BCUT2D eigenvalue weighted by atomic mass is 10.0. The average Bonchev–Trinajstić information content (AvgIpc) is 3.16. The van der Waals surface area contributed by atoms with Crippen LogP contribution in [0.2, 0.25) is 5.02 Å². The second-order valence-electron chi connectivity index (χ2n) is 7.48. The van der Waals surface area contributed by atoms with Crippen LogP contribution in [0.25, 0.3) is 22.2 Å². The van der Waals surface area contributed by atoms with Gasteiger partial charge in [0.05, 0.1) is 27.4 Å². The Bertz CT molecular complexity index is 1310. The van der Waals surface area contributed by atoms with Crippen LogP contribution in [0.1, 0.15) is 35.8 Å². The third-order valence-corrected chi connectivity index (χ3v) is 5.22. The lowest BCUT2D eigenvalue weighted by Gasteiger charge is -2.12. The van der Waals surface area contributed by atoms with Gasteiger partial charge >= 0.3 is 6.18 Å². The van der Waals surface area contributed by atoms with Gasteiger partial charge in [-0.1, -0.05) is 35.9 Å². The SMILES string of the molecule is CC(C)n1nc(-c2ccccc2C(F)(F)F)cc1NC(=O)c1cc2ncccc2cc1Cl. The maximum atomic E-state index is 13.5. The van der Waals surface area contributed by atoms with Crippen LogP contribution in [0.5, 0.6) is 0 Å². The number of alkyl halides is 3. The van der Waals surface area contributed by atoms with E-state index >= 15 is 0 Å². The number of nitrogens with one attached hydrogen (secondary N) is 1. The van der Waals surface area contributed by atoms with Gasteiger partial charge in [0.1, 0.15) is 5.82 Å². The summed E-state index contributed by atoms with van der Waals surface area (Å²) in [7, 11) is 0. The van der Waals surface area contributed by atoms with Gasteiger partial charge in [0, 0.05) is 29.3 Å². The fourth-order valence-corrected chi connectivity index (χ4v) is 3.67. The van der Waals surface area contributed by atoms with Crippen molar-refractivity contribution in [2.45, 2.75) is 26.1 Å². The summed E-state index contributed by atoms with van der Waals surface area (Å²) in [5.74, 6) is -0.255. The number of anilines is 1. The summed E-state index contributed by atoms with van der Waals surface area (Å²) in [4.78, 5) is 17.2. The first-order valence-electron chi connectivity index (χ1n) is 9.77. The molecule has 0 spiro atoms. The minimum Gasteiger partial charge on any atom is -0.307 e. The Hall–Kier alpha value is -3.39. The summed E-state index contributed by atoms with van der Waals surface area (Å²) in [6.07, 6.45) is -2.93. The molecule has 5 nitrogen and oxygen atoms in total. The molecule has 2 heterocycles. The third-order valence-electron chi connectivity index (χ3n) is 4.91. The van der Waals surface area contributed by atoms with Crippen LogP contribution in [-0.2, 0) is 6.18 Å². The van der Waals surface area contributed by atoms with E-state index in [-0.39, 0.29) is 33.7 Å². The molecule has 0 bridgehead atoms. The van der Waals surface area contributed by atoms with Crippen molar-refractivity contribution in [3.8, 4) is 11.3 Å². The van der Waals surface area contributed by atoms with Crippen LogP contribution in [-0.4, -0.2) is 20.7 Å². The molecular formula is C23H18ClF3N4O. The third kappa shape index (κ3) is 4.18. The van der Waals surface area contributed by atoms with Crippen molar-refractivity contribution in [1.29, 1.82) is 0 Å². The molecule has 1 N–H and O–H groups in total. The lowest BCUT2D eigenvalue weighted by molar-refractivity contribution is -0.137. The molecular weight excluding hydrogens is 441 g/mol. The summed E-state index contributed by atoms with van der Waals surface area (Å²) in [6.45, 7) is 3.63. The molecule has 0 radical (unpaired) electrons. The summed E-state index contributed by atoms with van der Waals surface area (Å²) in [6, 6.07) is 13.2. The molecule has 0 aliphatic carbocycles. The first-order chi connectivity index (χ1) is 15.1. The zero-order valence-corrected chi connectivity index (χ0v) is 17.9. The predicted molar refractivity (Wildman–Crippen MR) is 118 cm³/mol. The van der Waals surface area contributed by atoms with Crippen LogP contribution in [0.15, 0.2) is 60.8 Å². The number of rotatable bonds is 4. The Morgan fingerprint density at radius 2 is 1.84 bits per heavy atom. The van der Waals surface area contributed by atoms with Crippen LogP contribution >= 0.6 is 11.6 Å². The van der Waals surface area contributed by atoms with Gasteiger partial charge in [0.15, 0.2) is 0 Å². The highest BCUT2D eigenvalue weighted by Gasteiger charge is 2.34. The van der Waals surface area contributed by atoms with E-state index in [1.807, 2.05) is 19.9 Å². The molecule has 0 unspecified atom stereocenters. The minimum atomic E-state index is -4.53. The second kappa shape index (κ2) is 8.27. The van der Waals surface area contributed by atoms with Crippen molar-refractivity contribution < 1.29 is 18.0 Å². The van der Waals surface area contributed by atoms with Gasteiger partial charge in [-0.25, -0.2) is 4.68 Å². The van der Waals surface area contributed by atoms with Crippen LogP contribution < -0.4 is 5.32 Å². The maximum absolute atomic E-state index is 13.5. The van der Waals surface area contributed by atoms with Gasteiger partial charge < -0.3 is 5.32 Å². The van der Waals surface area contributed by atoms with Crippen molar-refractivity contribution >= 4 is 34.2 Å². The maximum Gasteiger partial charge on any atom is 0.417 e. The largest absolute Gasteiger partial charge is 0.417 e. The number of nitrogens with zero attached hydrogens (tertiary/aromatic N) is 3. The number of carbonyl (C=O) groups excluding carboxylic acids is 1.